The number of rotatable bonds is 4. The number of hydrogen-bond acceptors (Lipinski definition) is 2. The monoisotopic (exact) mass is 240 g/mol. The maximum atomic E-state index is 11.5. The van der Waals surface area contributed by atoms with Crippen LogP contribution in [0.4, 0.5) is 5.69 Å². The molecule has 0 aliphatic heterocycles. The topological polar surface area (TPSA) is 55.1 Å². The van der Waals surface area contributed by atoms with Gasteiger partial charge >= 0.3 is 0 Å². The van der Waals surface area contributed by atoms with Crippen molar-refractivity contribution in [1.29, 1.82) is 0 Å². The summed E-state index contributed by atoms with van der Waals surface area (Å²) < 4.78 is 0. The Labute approximate surface area is 102 Å². The lowest BCUT2D eigenvalue weighted by Crippen LogP contribution is -2.13. The van der Waals surface area contributed by atoms with Crippen LogP contribution < -0.4 is 11.1 Å². The lowest BCUT2D eigenvalue weighted by atomic mass is 10.1. The number of hydrogen-bond donors (Lipinski definition) is 2. The summed E-state index contributed by atoms with van der Waals surface area (Å²) in [5.74, 6) is 0.412. The van der Waals surface area contributed by atoms with Gasteiger partial charge in [-0.25, -0.2) is 0 Å². The molecule has 1 amide bonds. The minimum Gasteiger partial charge on any atom is -0.330 e. The van der Waals surface area contributed by atoms with Crippen molar-refractivity contribution < 1.29 is 4.79 Å². The Morgan fingerprint density at radius 1 is 1.31 bits per heavy atom. The molecule has 16 heavy (non-hydrogen) atoms. The van der Waals surface area contributed by atoms with E-state index < -0.39 is 0 Å². The number of amides is 1. The number of nitrogens with one attached hydrogen (secondary N) is 1. The van der Waals surface area contributed by atoms with Crippen LogP contribution in [0.3, 0.4) is 0 Å². The smallest absolute Gasteiger partial charge is 0.227 e. The first kappa shape index (κ1) is 13.0. The average molecular weight is 241 g/mol. The van der Waals surface area contributed by atoms with Gasteiger partial charge in [0, 0.05) is 11.6 Å². The molecule has 0 unspecified atom stereocenters. The van der Waals surface area contributed by atoms with E-state index in [2.05, 4.69) is 5.32 Å². The molecule has 1 aliphatic rings. The van der Waals surface area contributed by atoms with Crippen LogP contribution in [0.2, 0.25) is 0 Å². The van der Waals surface area contributed by atoms with Crippen molar-refractivity contribution in [2.24, 2.45) is 11.7 Å². The van der Waals surface area contributed by atoms with Gasteiger partial charge in [0.1, 0.15) is 0 Å². The summed E-state index contributed by atoms with van der Waals surface area (Å²) in [5, 5.41) is 2.90. The predicted octanol–water partition coefficient (Wildman–Crippen LogP) is 1.96. The highest BCUT2D eigenvalue weighted by Gasteiger charge is 2.29. The summed E-state index contributed by atoms with van der Waals surface area (Å²) >= 11 is 0. The van der Waals surface area contributed by atoms with E-state index in [9.17, 15) is 4.79 Å². The zero-order valence-corrected chi connectivity index (χ0v) is 9.93. The van der Waals surface area contributed by atoms with Crippen molar-refractivity contribution in [3.63, 3.8) is 0 Å². The van der Waals surface area contributed by atoms with E-state index in [-0.39, 0.29) is 24.2 Å². The fraction of sp³-hybridized carbons (Fsp3) is 0.417. The Kier molecular flexibility index (Phi) is 4.77. The van der Waals surface area contributed by atoms with Gasteiger partial charge in [0.25, 0.3) is 0 Å². The number of carbonyl (C=O) groups is 1. The Bertz CT molecular complexity index is 347. The van der Waals surface area contributed by atoms with E-state index in [0.717, 1.165) is 24.9 Å². The maximum absolute atomic E-state index is 11.5. The molecule has 88 valence electrons. The molecule has 0 spiro atoms. The van der Waals surface area contributed by atoms with Crippen LogP contribution in [0, 0.1) is 5.92 Å². The number of anilines is 1. The van der Waals surface area contributed by atoms with Gasteiger partial charge < -0.3 is 11.1 Å². The zero-order valence-electron chi connectivity index (χ0n) is 9.11. The third kappa shape index (κ3) is 3.51. The number of halogens is 1. The number of carbonyl (C=O) groups excluding carboxylic acids is 1. The lowest BCUT2D eigenvalue weighted by Gasteiger charge is -2.05. The minimum absolute atomic E-state index is 0. The highest BCUT2D eigenvalue weighted by Crippen LogP contribution is 2.30. The summed E-state index contributed by atoms with van der Waals surface area (Å²) in [6.07, 6.45) is 2.96. The summed E-state index contributed by atoms with van der Waals surface area (Å²) in [4.78, 5) is 11.5. The first-order valence-electron chi connectivity index (χ1n) is 5.39. The van der Waals surface area contributed by atoms with Crippen molar-refractivity contribution >= 4 is 24.0 Å². The van der Waals surface area contributed by atoms with Crippen molar-refractivity contribution in [3.8, 4) is 0 Å². The van der Waals surface area contributed by atoms with Gasteiger partial charge in [-0.05, 0) is 43.5 Å². The predicted molar refractivity (Wildman–Crippen MR) is 67.8 cm³/mol. The van der Waals surface area contributed by atoms with E-state index in [1.54, 1.807) is 0 Å². The SMILES string of the molecule is Cl.NCCc1ccc(NC(=O)C2CC2)cc1. The van der Waals surface area contributed by atoms with E-state index in [4.69, 9.17) is 5.73 Å². The van der Waals surface area contributed by atoms with Gasteiger partial charge in [-0.15, -0.1) is 12.4 Å². The van der Waals surface area contributed by atoms with Crippen LogP contribution in [0.15, 0.2) is 24.3 Å². The second-order valence-corrected chi connectivity index (χ2v) is 4.00. The summed E-state index contributed by atoms with van der Waals surface area (Å²) in [5.41, 5.74) is 7.55. The Morgan fingerprint density at radius 2 is 1.94 bits per heavy atom. The fourth-order valence-electron chi connectivity index (χ4n) is 1.51. The van der Waals surface area contributed by atoms with Crippen molar-refractivity contribution in [2.45, 2.75) is 19.3 Å². The second-order valence-electron chi connectivity index (χ2n) is 4.00. The van der Waals surface area contributed by atoms with Gasteiger partial charge in [-0.3, -0.25) is 4.79 Å². The van der Waals surface area contributed by atoms with Crippen LogP contribution in [0.5, 0.6) is 0 Å². The average Bonchev–Trinajstić information content (AvgIpc) is 3.04. The van der Waals surface area contributed by atoms with Crippen LogP contribution in [-0.4, -0.2) is 12.5 Å². The largest absolute Gasteiger partial charge is 0.330 e. The fourth-order valence-corrected chi connectivity index (χ4v) is 1.51. The summed E-state index contributed by atoms with van der Waals surface area (Å²) in [6, 6.07) is 7.89. The molecule has 4 heteroatoms. The zero-order chi connectivity index (χ0) is 10.7. The normalized spacial score (nSPS) is 14.1. The molecule has 1 saturated carbocycles. The van der Waals surface area contributed by atoms with E-state index >= 15 is 0 Å². The molecule has 2 rings (SSSR count). The molecule has 1 fully saturated rings. The number of nitrogens with two attached hydrogens (primary N) is 1. The molecule has 0 aromatic heterocycles. The molecular formula is C12H17ClN2O. The van der Waals surface area contributed by atoms with Gasteiger partial charge in [-0.2, -0.15) is 0 Å². The van der Waals surface area contributed by atoms with Crippen molar-refractivity contribution in [2.75, 3.05) is 11.9 Å². The van der Waals surface area contributed by atoms with Crippen LogP contribution in [0.25, 0.3) is 0 Å². The minimum atomic E-state index is 0. The molecular weight excluding hydrogens is 224 g/mol. The Morgan fingerprint density at radius 3 is 2.44 bits per heavy atom. The maximum Gasteiger partial charge on any atom is 0.227 e. The third-order valence-electron chi connectivity index (χ3n) is 2.60. The van der Waals surface area contributed by atoms with Crippen LogP contribution in [0.1, 0.15) is 18.4 Å². The van der Waals surface area contributed by atoms with E-state index in [1.165, 1.54) is 5.56 Å². The molecule has 0 bridgehead atoms. The third-order valence-corrected chi connectivity index (χ3v) is 2.60. The molecule has 0 atom stereocenters. The van der Waals surface area contributed by atoms with Crippen molar-refractivity contribution in [1.82, 2.24) is 0 Å². The quantitative estimate of drug-likeness (QED) is 0.845. The Balaban J connectivity index is 0.00000128. The number of benzene rings is 1. The molecule has 1 aromatic rings. The van der Waals surface area contributed by atoms with Gasteiger partial charge in [0.2, 0.25) is 5.91 Å². The highest BCUT2D eigenvalue weighted by atomic mass is 35.5. The molecule has 3 nitrogen and oxygen atoms in total. The van der Waals surface area contributed by atoms with Crippen LogP contribution in [-0.2, 0) is 11.2 Å². The first-order chi connectivity index (χ1) is 7.29. The highest BCUT2D eigenvalue weighted by molar-refractivity contribution is 5.93. The molecule has 0 saturated heterocycles. The standard InChI is InChI=1S/C12H16N2O.ClH/c13-8-7-9-1-5-11(6-2-9)14-12(15)10-3-4-10;/h1-2,5-6,10H,3-4,7-8,13H2,(H,14,15);1H. The van der Waals surface area contributed by atoms with Gasteiger partial charge in [-0.1, -0.05) is 12.1 Å². The summed E-state index contributed by atoms with van der Waals surface area (Å²) in [6.45, 7) is 0.660. The molecule has 0 heterocycles. The van der Waals surface area contributed by atoms with Gasteiger partial charge in [0.05, 0.1) is 0 Å². The van der Waals surface area contributed by atoms with Crippen LogP contribution >= 0.6 is 12.4 Å². The van der Waals surface area contributed by atoms with Crippen molar-refractivity contribution in [3.05, 3.63) is 29.8 Å². The van der Waals surface area contributed by atoms with E-state index in [0.29, 0.717) is 6.54 Å². The van der Waals surface area contributed by atoms with E-state index in [1.807, 2.05) is 24.3 Å². The molecule has 3 N–H and O–H groups in total. The van der Waals surface area contributed by atoms with Gasteiger partial charge in [0.15, 0.2) is 0 Å². The molecule has 1 aliphatic carbocycles. The molecule has 0 radical (unpaired) electrons. The second kappa shape index (κ2) is 5.87. The molecule has 1 aromatic carbocycles. The Hall–Kier alpha value is -1.06. The lowest BCUT2D eigenvalue weighted by molar-refractivity contribution is -0.117. The first-order valence-corrected chi connectivity index (χ1v) is 5.39. The summed E-state index contributed by atoms with van der Waals surface area (Å²) in [7, 11) is 0.